The normalized spacial score (nSPS) is 11.9. The van der Waals surface area contributed by atoms with E-state index in [-0.39, 0.29) is 31.7 Å². The topological polar surface area (TPSA) is 104 Å². The van der Waals surface area contributed by atoms with Crippen LogP contribution in [0.1, 0.15) is 26.2 Å². The van der Waals surface area contributed by atoms with Gasteiger partial charge in [0.05, 0.1) is 6.42 Å². The van der Waals surface area contributed by atoms with Crippen molar-refractivity contribution in [2.45, 2.75) is 32.2 Å². The molecule has 0 radical (unpaired) electrons. The number of hydrogen-bond donors (Lipinski definition) is 3. The fourth-order valence-corrected chi connectivity index (χ4v) is 0.936. The van der Waals surface area contributed by atoms with Crippen LogP contribution in [0.25, 0.3) is 0 Å². The fourth-order valence-electron chi connectivity index (χ4n) is 0.936. The third kappa shape index (κ3) is 5.79. The second-order valence-corrected chi connectivity index (χ2v) is 3.04. The number of aliphatic carboxylic acids is 1. The standard InChI is InChI=1S/C9H15NO5/c1-2-6(12)5-8(13)10-7(3-4-11)9(14)15/h7,11H,2-5H2,1H3,(H,10,13)(H,14,15)/t7-/m0/s1. The summed E-state index contributed by atoms with van der Waals surface area (Å²) in [4.78, 5) is 32.6. The first-order valence-electron chi connectivity index (χ1n) is 4.66. The van der Waals surface area contributed by atoms with Gasteiger partial charge in [-0.05, 0) is 0 Å². The summed E-state index contributed by atoms with van der Waals surface area (Å²) in [5, 5.41) is 19.3. The fraction of sp³-hybridized carbons (Fsp3) is 0.667. The highest BCUT2D eigenvalue weighted by Crippen LogP contribution is 1.94. The Morgan fingerprint density at radius 2 is 1.93 bits per heavy atom. The Kier molecular flexibility index (Phi) is 6.28. The van der Waals surface area contributed by atoms with Crippen molar-refractivity contribution in [2.24, 2.45) is 0 Å². The average Bonchev–Trinajstić information content (AvgIpc) is 2.16. The smallest absolute Gasteiger partial charge is 0.326 e. The molecule has 0 saturated carbocycles. The second-order valence-electron chi connectivity index (χ2n) is 3.04. The van der Waals surface area contributed by atoms with Gasteiger partial charge < -0.3 is 15.5 Å². The summed E-state index contributed by atoms with van der Waals surface area (Å²) in [6, 6.07) is -1.13. The number of aliphatic hydroxyl groups is 1. The maximum atomic E-state index is 11.1. The van der Waals surface area contributed by atoms with E-state index in [1.807, 2.05) is 0 Å². The molecule has 0 aliphatic rings. The van der Waals surface area contributed by atoms with Gasteiger partial charge in [0.15, 0.2) is 0 Å². The van der Waals surface area contributed by atoms with Gasteiger partial charge in [-0.3, -0.25) is 9.59 Å². The number of aliphatic hydroxyl groups excluding tert-OH is 1. The Bertz CT molecular complexity index is 251. The van der Waals surface area contributed by atoms with Crippen molar-refractivity contribution >= 4 is 17.7 Å². The summed E-state index contributed by atoms with van der Waals surface area (Å²) in [6.07, 6.45) is -0.141. The van der Waals surface area contributed by atoms with Crippen LogP contribution in [0.2, 0.25) is 0 Å². The van der Waals surface area contributed by atoms with Crippen molar-refractivity contribution in [3.63, 3.8) is 0 Å². The molecule has 0 aromatic carbocycles. The van der Waals surface area contributed by atoms with E-state index >= 15 is 0 Å². The summed E-state index contributed by atoms with van der Waals surface area (Å²) in [5.41, 5.74) is 0. The van der Waals surface area contributed by atoms with Gasteiger partial charge in [0.2, 0.25) is 5.91 Å². The van der Waals surface area contributed by atoms with Gasteiger partial charge in [-0.15, -0.1) is 0 Å². The van der Waals surface area contributed by atoms with Crippen molar-refractivity contribution in [2.75, 3.05) is 6.61 Å². The lowest BCUT2D eigenvalue weighted by Crippen LogP contribution is -2.42. The number of carbonyl (C=O) groups excluding carboxylic acids is 2. The highest BCUT2D eigenvalue weighted by atomic mass is 16.4. The number of nitrogens with one attached hydrogen (secondary N) is 1. The van der Waals surface area contributed by atoms with Gasteiger partial charge in [-0.2, -0.15) is 0 Å². The van der Waals surface area contributed by atoms with Gasteiger partial charge >= 0.3 is 5.97 Å². The molecular formula is C9H15NO5. The van der Waals surface area contributed by atoms with E-state index in [2.05, 4.69) is 5.32 Å². The van der Waals surface area contributed by atoms with Gasteiger partial charge in [0, 0.05) is 19.4 Å². The Hall–Kier alpha value is -1.43. The number of carboxylic acids is 1. The molecule has 1 amide bonds. The number of rotatable bonds is 7. The zero-order valence-corrected chi connectivity index (χ0v) is 8.52. The minimum atomic E-state index is -1.22. The second kappa shape index (κ2) is 6.94. The summed E-state index contributed by atoms with van der Waals surface area (Å²) in [5.74, 6) is -2.09. The van der Waals surface area contributed by atoms with Crippen LogP contribution in [0.15, 0.2) is 0 Å². The maximum absolute atomic E-state index is 11.1. The Balaban J connectivity index is 4.11. The lowest BCUT2D eigenvalue weighted by molar-refractivity contribution is -0.142. The molecule has 0 spiro atoms. The van der Waals surface area contributed by atoms with E-state index in [1.54, 1.807) is 6.92 Å². The van der Waals surface area contributed by atoms with Crippen molar-refractivity contribution in [1.82, 2.24) is 5.32 Å². The molecule has 0 saturated heterocycles. The predicted molar refractivity (Wildman–Crippen MR) is 51.2 cm³/mol. The molecule has 0 unspecified atom stereocenters. The first-order chi connectivity index (χ1) is 7.01. The minimum absolute atomic E-state index is 0.0681. The predicted octanol–water partition coefficient (Wildman–Crippen LogP) is -0.693. The Labute approximate surface area is 87.3 Å². The molecule has 0 heterocycles. The molecule has 86 valence electrons. The molecule has 6 heteroatoms. The first-order valence-corrected chi connectivity index (χ1v) is 4.66. The van der Waals surface area contributed by atoms with Crippen molar-refractivity contribution in [3.05, 3.63) is 0 Å². The molecule has 0 aliphatic heterocycles. The zero-order chi connectivity index (χ0) is 11.8. The maximum Gasteiger partial charge on any atom is 0.326 e. The SMILES string of the molecule is CCC(=O)CC(=O)N[C@@H](CCO)C(=O)O. The third-order valence-electron chi connectivity index (χ3n) is 1.80. The van der Waals surface area contributed by atoms with Crippen molar-refractivity contribution in [3.8, 4) is 0 Å². The zero-order valence-electron chi connectivity index (χ0n) is 8.52. The van der Waals surface area contributed by atoms with Crippen LogP contribution < -0.4 is 5.32 Å². The van der Waals surface area contributed by atoms with Gasteiger partial charge in [0.25, 0.3) is 0 Å². The van der Waals surface area contributed by atoms with E-state index < -0.39 is 17.9 Å². The number of carboxylic acid groups (broad SMARTS) is 1. The largest absolute Gasteiger partial charge is 0.480 e. The molecule has 3 N–H and O–H groups in total. The summed E-state index contributed by atoms with van der Waals surface area (Å²) < 4.78 is 0. The number of amides is 1. The van der Waals surface area contributed by atoms with E-state index in [0.29, 0.717) is 0 Å². The number of Topliss-reactive ketones (excluding diaryl/α,β-unsaturated/α-hetero) is 1. The van der Waals surface area contributed by atoms with Crippen LogP contribution in [0, 0.1) is 0 Å². The van der Waals surface area contributed by atoms with Crippen LogP contribution in [0.3, 0.4) is 0 Å². The molecule has 15 heavy (non-hydrogen) atoms. The molecular weight excluding hydrogens is 202 g/mol. The summed E-state index contributed by atoms with van der Waals surface area (Å²) in [7, 11) is 0. The number of hydrogen-bond acceptors (Lipinski definition) is 4. The van der Waals surface area contributed by atoms with Crippen LogP contribution in [-0.4, -0.2) is 40.5 Å². The van der Waals surface area contributed by atoms with E-state index in [1.165, 1.54) is 0 Å². The Morgan fingerprint density at radius 1 is 1.33 bits per heavy atom. The van der Waals surface area contributed by atoms with Crippen LogP contribution >= 0.6 is 0 Å². The average molecular weight is 217 g/mol. The molecule has 1 atom stereocenters. The molecule has 0 aromatic rings. The quantitative estimate of drug-likeness (QED) is 0.489. The van der Waals surface area contributed by atoms with Gasteiger partial charge in [-0.1, -0.05) is 6.92 Å². The Morgan fingerprint density at radius 3 is 2.33 bits per heavy atom. The first kappa shape index (κ1) is 13.6. The third-order valence-corrected chi connectivity index (χ3v) is 1.80. The minimum Gasteiger partial charge on any atom is -0.480 e. The molecule has 6 nitrogen and oxygen atoms in total. The van der Waals surface area contributed by atoms with E-state index in [9.17, 15) is 14.4 Å². The highest BCUT2D eigenvalue weighted by molar-refractivity contribution is 5.99. The van der Waals surface area contributed by atoms with Crippen LogP contribution in [-0.2, 0) is 14.4 Å². The lowest BCUT2D eigenvalue weighted by atomic mass is 10.2. The lowest BCUT2D eigenvalue weighted by Gasteiger charge is -2.12. The van der Waals surface area contributed by atoms with Crippen molar-refractivity contribution < 1.29 is 24.6 Å². The molecule has 0 aromatic heterocycles. The van der Waals surface area contributed by atoms with Crippen LogP contribution in [0.5, 0.6) is 0 Å². The van der Waals surface area contributed by atoms with Gasteiger partial charge in [0.1, 0.15) is 11.8 Å². The monoisotopic (exact) mass is 217 g/mol. The molecule has 0 bridgehead atoms. The van der Waals surface area contributed by atoms with Crippen LogP contribution in [0.4, 0.5) is 0 Å². The molecule has 0 rings (SSSR count). The summed E-state index contributed by atoms with van der Waals surface area (Å²) >= 11 is 0. The number of ketones is 1. The van der Waals surface area contributed by atoms with Crippen molar-refractivity contribution in [1.29, 1.82) is 0 Å². The number of carbonyl (C=O) groups is 3. The van der Waals surface area contributed by atoms with E-state index in [4.69, 9.17) is 10.2 Å². The van der Waals surface area contributed by atoms with Gasteiger partial charge in [-0.25, -0.2) is 4.79 Å². The molecule has 0 aliphatic carbocycles. The van der Waals surface area contributed by atoms with E-state index in [0.717, 1.165) is 0 Å². The molecule has 0 fully saturated rings. The summed E-state index contributed by atoms with van der Waals surface area (Å²) in [6.45, 7) is 1.29. The highest BCUT2D eigenvalue weighted by Gasteiger charge is 2.19.